The molecule has 0 aliphatic heterocycles. The zero-order chi connectivity index (χ0) is 22.1. The number of sulfonamides is 1. The number of benzene rings is 2. The molecule has 7 nitrogen and oxygen atoms in total. The van der Waals surface area contributed by atoms with Crippen molar-refractivity contribution in [3.63, 3.8) is 0 Å². The molecule has 0 aliphatic carbocycles. The Hall–Kier alpha value is -2.58. The summed E-state index contributed by atoms with van der Waals surface area (Å²) in [5.74, 6) is -0.0800. The maximum atomic E-state index is 12.2. The number of para-hydroxylation sites is 1. The number of hydrogen-bond acceptors (Lipinski definition) is 5. The normalized spacial score (nSPS) is 11.4. The molecular weight excluding hydrogens is 400 g/mol. The summed E-state index contributed by atoms with van der Waals surface area (Å²) in [6.07, 6.45) is 1.58. The van der Waals surface area contributed by atoms with Gasteiger partial charge in [0.1, 0.15) is 0 Å². The molecule has 2 rings (SSSR count). The van der Waals surface area contributed by atoms with Crippen molar-refractivity contribution in [2.45, 2.75) is 52.2 Å². The Morgan fingerprint density at radius 1 is 0.933 bits per heavy atom. The van der Waals surface area contributed by atoms with Crippen LogP contribution in [-0.2, 0) is 14.8 Å². The van der Waals surface area contributed by atoms with E-state index in [4.69, 9.17) is 0 Å². The van der Waals surface area contributed by atoms with E-state index in [9.17, 15) is 13.2 Å². The molecule has 1 amide bonds. The third-order valence-corrected chi connectivity index (χ3v) is 6.59. The molecule has 4 N–H and O–H groups in total. The van der Waals surface area contributed by atoms with Gasteiger partial charge in [-0.2, -0.15) is 0 Å². The highest BCUT2D eigenvalue weighted by molar-refractivity contribution is 7.90. The predicted molar refractivity (Wildman–Crippen MR) is 124 cm³/mol. The molecule has 2 aromatic rings. The van der Waals surface area contributed by atoms with E-state index in [0.29, 0.717) is 25.8 Å². The van der Waals surface area contributed by atoms with Gasteiger partial charge in [-0.15, -0.1) is 0 Å². The fourth-order valence-electron chi connectivity index (χ4n) is 2.74. The van der Waals surface area contributed by atoms with Gasteiger partial charge in [-0.25, -0.2) is 13.1 Å². The average molecular weight is 433 g/mol. The van der Waals surface area contributed by atoms with Crippen LogP contribution in [0.1, 0.15) is 44.2 Å². The van der Waals surface area contributed by atoms with Gasteiger partial charge < -0.3 is 16.2 Å². The molecule has 0 radical (unpaired) electrons. The van der Waals surface area contributed by atoms with Gasteiger partial charge in [-0.1, -0.05) is 18.2 Å². The number of unbranched alkanes of at least 4 members (excludes halogenated alkanes) is 1. The van der Waals surface area contributed by atoms with Gasteiger partial charge in [-0.3, -0.25) is 4.79 Å². The van der Waals surface area contributed by atoms with Crippen molar-refractivity contribution < 1.29 is 13.2 Å². The van der Waals surface area contributed by atoms with Gasteiger partial charge in [0.25, 0.3) is 0 Å². The second-order valence-corrected chi connectivity index (χ2v) is 9.91. The third-order valence-electron chi connectivity index (χ3n) is 4.74. The number of hydrogen-bond donors (Lipinski definition) is 4. The predicted octanol–water partition coefficient (Wildman–Crippen LogP) is 4.18. The number of anilines is 3. The van der Waals surface area contributed by atoms with E-state index in [1.807, 2.05) is 56.3 Å². The van der Waals surface area contributed by atoms with Crippen LogP contribution in [0.5, 0.6) is 0 Å². The quantitative estimate of drug-likeness (QED) is 0.315. The highest BCUT2D eigenvalue weighted by Gasteiger charge is 2.14. The molecule has 0 aliphatic rings. The van der Waals surface area contributed by atoms with Gasteiger partial charge in [0.15, 0.2) is 0 Å². The number of carbonyl (C=O) groups excluding carboxylic acids is 1. The molecule has 0 heterocycles. The Morgan fingerprint density at radius 2 is 1.67 bits per heavy atom. The number of amides is 1. The molecule has 30 heavy (non-hydrogen) atoms. The van der Waals surface area contributed by atoms with Crippen molar-refractivity contribution in [3.05, 3.63) is 53.6 Å². The Morgan fingerprint density at radius 3 is 2.33 bits per heavy atom. The van der Waals surface area contributed by atoms with E-state index >= 15 is 0 Å². The monoisotopic (exact) mass is 432 g/mol. The molecule has 0 bridgehead atoms. The molecule has 0 aromatic heterocycles. The van der Waals surface area contributed by atoms with Gasteiger partial charge in [-0.05, 0) is 75.9 Å². The zero-order valence-electron chi connectivity index (χ0n) is 18.1. The second-order valence-electron chi connectivity index (χ2n) is 7.59. The molecule has 2 aromatic carbocycles. The lowest BCUT2D eigenvalue weighted by Gasteiger charge is -2.14. The van der Waals surface area contributed by atoms with Crippen LogP contribution in [0.15, 0.2) is 42.5 Å². The molecule has 164 valence electrons. The van der Waals surface area contributed by atoms with Crippen LogP contribution >= 0.6 is 0 Å². The Kier molecular flexibility index (Phi) is 8.68. The number of nitrogens with one attached hydrogen (secondary N) is 4. The maximum absolute atomic E-state index is 12.2. The van der Waals surface area contributed by atoms with Crippen molar-refractivity contribution in [2.75, 3.05) is 22.7 Å². The number of hydrazine groups is 1. The van der Waals surface area contributed by atoms with Gasteiger partial charge in [0.2, 0.25) is 15.9 Å². The van der Waals surface area contributed by atoms with Crippen molar-refractivity contribution >= 4 is 33.0 Å². The van der Waals surface area contributed by atoms with Crippen LogP contribution in [0, 0.1) is 13.8 Å². The summed E-state index contributed by atoms with van der Waals surface area (Å²) < 4.78 is 25.9. The molecule has 0 spiro atoms. The average Bonchev–Trinajstić information content (AvgIpc) is 2.69. The third kappa shape index (κ3) is 7.35. The lowest BCUT2D eigenvalue weighted by molar-refractivity contribution is -0.116. The Bertz CT molecular complexity index is 959. The van der Waals surface area contributed by atoms with Crippen molar-refractivity contribution in [3.8, 4) is 0 Å². The van der Waals surface area contributed by atoms with Gasteiger partial charge in [0, 0.05) is 18.7 Å². The van der Waals surface area contributed by atoms with E-state index in [2.05, 4.69) is 20.9 Å². The van der Waals surface area contributed by atoms with Crippen LogP contribution in [0.3, 0.4) is 0 Å². The zero-order valence-corrected chi connectivity index (χ0v) is 18.9. The highest BCUT2D eigenvalue weighted by atomic mass is 32.2. The van der Waals surface area contributed by atoms with Crippen molar-refractivity contribution in [1.29, 1.82) is 0 Å². The molecule has 0 fully saturated rings. The smallest absolute Gasteiger partial charge is 0.224 e. The van der Waals surface area contributed by atoms with Crippen LogP contribution in [-0.4, -0.2) is 26.1 Å². The molecule has 0 atom stereocenters. The maximum Gasteiger partial charge on any atom is 0.224 e. The van der Waals surface area contributed by atoms with Crippen molar-refractivity contribution in [1.82, 2.24) is 4.72 Å². The molecule has 0 unspecified atom stereocenters. The van der Waals surface area contributed by atoms with Crippen molar-refractivity contribution in [2.24, 2.45) is 0 Å². The minimum atomic E-state index is -3.24. The Balaban J connectivity index is 1.77. The first-order valence-corrected chi connectivity index (χ1v) is 11.7. The standard InChI is InChI=1S/C22H32N4O3S/c1-16(2)30(28,29)23-14-8-7-11-22(27)24-20-13-12-19(15-18(20)4)25-26-21-10-6-5-9-17(21)3/h5-6,9-10,12-13,15-16,23,25-26H,7-8,11,14H2,1-4H3,(H,24,27). The van der Waals surface area contributed by atoms with Crippen LogP contribution in [0.25, 0.3) is 0 Å². The summed E-state index contributed by atoms with van der Waals surface area (Å²) in [5, 5.41) is 2.47. The summed E-state index contributed by atoms with van der Waals surface area (Å²) in [6.45, 7) is 7.60. The molecule has 0 saturated carbocycles. The minimum Gasteiger partial charge on any atom is -0.326 e. The lowest BCUT2D eigenvalue weighted by Crippen LogP contribution is -2.31. The second kappa shape index (κ2) is 11.0. The highest BCUT2D eigenvalue weighted by Crippen LogP contribution is 2.21. The number of rotatable bonds is 11. The summed E-state index contributed by atoms with van der Waals surface area (Å²) >= 11 is 0. The fraction of sp³-hybridized carbons (Fsp3) is 0.409. The van der Waals surface area contributed by atoms with Crippen LogP contribution < -0.4 is 20.9 Å². The molecule has 8 heteroatoms. The van der Waals surface area contributed by atoms with Crippen LogP contribution in [0.4, 0.5) is 17.1 Å². The summed E-state index contributed by atoms with van der Waals surface area (Å²) in [7, 11) is -3.24. The first-order valence-electron chi connectivity index (χ1n) is 10.2. The largest absolute Gasteiger partial charge is 0.326 e. The van der Waals surface area contributed by atoms with E-state index in [1.165, 1.54) is 0 Å². The van der Waals surface area contributed by atoms with E-state index in [0.717, 1.165) is 28.2 Å². The first-order chi connectivity index (χ1) is 14.2. The SMILES string of the molecule is Cc1ccccc1NNc1ccc(NC(=O)CCCCNS(=O)(=O)C(C)C)c(C)c1. The summed E-state index contributed by atoms with van der Waals surface area (Å²) in [4.78, 5) is 12.2. The van der Waals surface area contributed by atoms with Gasteiger partial charge in [0.05, 0.1) is 16.6 Å². The number of aryl methyl sites for hydroxylation is 2. The van der Waals surface area contributed by atoms with Crippen LogP contribution in [0.2, 0.25) is 0 Å². The molecular formula is C22H32N4O3S. The minimum absolute atomic E-state index is 0.0800. The van der Waals surface area contributed by atoms with E-state index in [-0.39, 0.29) is 5.91 Å². The van der Waals surface area contributed by atoms with E-state index < -0.39 is 15.3 Å². The first kappa shape index (κ1) is 23.7. The summed E-state index contributed by atoms with van der Waals surface area (Å²) in [6, 6.07) is 13.7. The molecule has 0 saturated heterocycles. The fourth-order valence-corrected chi connectivity index (χ4v) is 3.50. The van der Waals surface area contributed by atoms with Gasteiger partial charge >= 0.3 is 0 Å². The topological polar surface area (TPSA) is 99.3 Å². The number of carbonyl (C=O) groups is 1. The Labute approximate surface area is 179 Å². The summed E-state index contributed by atoms with van der Waals surface area (Å²) in [5.41, 5.74) is 11.1. The lowest BCUT2D eigenvalue weighted by atomic mass is 10.1. The van der Waals surface area contributed by atoms with E-state index in [1.54, 1.807) is 13.8 Å².